The molecule has 2 nitrogen and oxygen atoms in total. The lowest BCUT2D eigenvalue weighted by molar-refractivity contribution is -0.115. The molecular weight excluding hydrogens is 224 g/mol. The summed E-state index contributed by atoms with van der Waals surface area (Å²) in [4.78, 5) is 24.1. The Morgan fingerprint density at radius 3 is 2.50 bits per heavy atom. The molecule has 0 fully saturated rings. The van der Waals surface area contributed by atoms with Crippen molar-refractivity contribution in [3.05, 3.63) is 53.1 Å². The average Bonchev–Trinajstić information content (AvgIpc) is 2.38. The summed E-state index contributed by atoms with van der Waals surface area (Å²) < 4.78 is 0. The van der Waals surface area contributed by atoms with E-state index in [1.807, 2.05) is 36.4 Å². The lowest BCUT2D eigenvalue weighted by Crippen LogP contribution is -2.13. The summed E-state index contributed by atoms with van der Waals surface area (Å²) in [5.74, 6) is 0.389. The van der Waals surface area contributed by atoms with E-state index in [1.54, 1.807) is 0 Å². The van der Waals surface area contributed by atoms with E-state index in [4.69, 9.17) is 0 Å². The molecule has 1 aromatic rings. The molecule has 0 aromatic heterocycles. The molecule has 2 aliphatic rings. The number of hydrogen-bond donors (Lipinski definition) is 0. The van der Waals surface area contributed by atoms with Gasteiger partial charge >= 0.3 is 0 Å². The predicted octanol–water partition coefficient (Wildman–Crippen LogP) is 3.34. The highest BCUT2D eigenvalue weighted by molar-refractivity contribution is 6.11. The molecule has 0 radical (unpaired) electrons. The van der Waals surface area contributed by atoms with E-state index in [0.29, 0.717) is 12.8 Å². The molecule has 0 aliphatic heterocycles. The molecule has 0 atom stereocenters. The van der Waals surface area contributed by atoms with Gasteiger partial charge in [-0.3, -0.25) is 9.59 Å². The van der Waals surface area contributed by atoms with E-state index in [-0.39, 0.29) is 11.6 Å². The van der Waals surface area contributed by atoms with E-state index >= 15 is 0 Å². The molecule has 0 heterocycles. The van der Waals surface area contributed by atoms with E-state index in [0.717, 1.165) is 35.1 Å². The van der Waals surface area contributed by atoms with Crippen LogP contribution in [-0.2, 0) is 4.79 Å². The summed E-state index contributed by atoms with van der Waals surface area (Å²) in [6, 6.07) is 7.61. The third kappa shape index (κ3) is 1.74. The van der Waals surface area contributed by atoms with Crippen molar-refractivity contribution in [2.24, 2.45) is 0 Å². The minimum atomic E-state index is 0.184. The largest absolute Gasteiger partial charge is 0.294 e. The van der Waals surface area contributed by atoms with Gasteiger partial charge in [-0.25, -0.2) is 0 Å². The maximum absolute atomic E-state index is 12.1. The van der Waals surface area contributed by atoms with Crippen molar-refractivity contribution >= 4 is 17.1 Å². The molecule has 0 saturated heterocycles. The first kappa shape index (κ1) is 11.1. The fourth-order valence-electron chi connectivity index (χ4n) is 2.71. The predicted molar refractivity (Wildman–Crippen MR) is 70.3 cm³/mol. The van der Waals surface area contributed by atoms with Gasteiger partial charge in [-0.15, -0.1) is 0 Å². The van der Waals surface area contributed by atoms with Gasteiger partial charge in [0.2, 0.25) is 0 Å². The number of hydrogen-bond acceptors (Lipinski definition) is 2. The number of benzene rings is 1. The van der Waals surface area contributed by atoms with Crippen LogP contribution in [0.1, 0.15) is 41.6 Å². The first-order valence-corrected chi connectivity index (χ1v) is 6.33. The van der Waals surface area contributed by atoms with Crippen molar-refractivity contribution in [1.82, 2.24) is 0 Å². The van der Waals surface area contributed by atoms with E-state index in [1.165, 1.54) is 0 Å². The van der Waals surface area contributed by atoms with E-state index in [2.05, 4.69) is 0 Å². The number of carbonyl (C=O) groups excluding carboxylic acids is 2. The smallest absolute Gasteiger partial charge is 0.163 e. The van der Waals surface area contributed by atoms with Gasteiger partial charge in [0.1, 0.15) is 0 Å². The third-order valence-corrected chi connectivity index (χ3v) is 3.60. The van der Waals surface area contributed by atoms with Gasteiger partial charge in [-0.2, -0.15) is 0 Å². The quantitative estimate of drug-likeness (QED) is 0.694. The summed E-state index contributed by atoms with van der Waals surface area (Å²) in [5, 5.41) is 0. The van der Waals surface area contributed by atoms with Gasteiger partial charge in [-0.05, 0) is 24.0 Å². The zero-order valence-electron chi connectivity index (χ0n) is 10.1. The lowest BCUT2D eigenvalue weighted by Gasteiger charge is -2.20. The van der Waals surface area contributed by atoms with E-state index in [9.17, 15) is 9.59 Å². The molecule has 2 aliphatic carbocycles. The molecule has 0 amide bonds. The highest BCUT2D eigenvalue weighted by Gasteiger charge is 2.23. The van der Waals surface area contributed by atoms with Crippen LogP contribution in [0.15, 0.2) is 42.0 Å². The molecular formula is C16H14O2. The SMILES string of the molecule is O=C1CC=CC2=C1CCCC(=O)c1ccccc12. The molecule has 1 aromatic carbocycles. The molecule has 0 saturated carbocycles. The monoisotopic (exact) mass is 238 g/mol. The molecule has 2 heteroatoms. The van der Waals surface area contributed by atoms with Crippen molar-refractivity contribution in [3.63, 3.8) is 0 Å². The highest BCUT2D eigenvalue weighted by Crippen LogP contribution is 2.33. The van der Waals surface area contributed by atoms with Crippen LogP contribution in [0.4, 0.5) is 0 Å². The maximum Gasteiger partial charge on any atom is 0.163 e. The summed E-state index contributed by atoms with van der Waals surface area (Å²) in [5.41, 5.74) is 3.53. The van der Waals surface area contributed by atoms with Crippen molar-refractivity contribution in [2.45, 2.75) is 25.7 Å². The first-order valence-electron chi connectivity index (χ1n) is 6.33. The highest BCUT2D eigenvalue weighted by atomic mass is 16.1. The minimum Gasteiger partial charge on any atom is -0.294 e. The molecule has 3 rings (SSSR count). The topological polar surface area (TPSA) is 34.1 Å². The van der Waals surface area contributed by atoms with Crippen LogP contribution in [-0.4, -0.2) is 11.6 Å². The standard InChI is InChI=1S/C16H14O2/c17-15-10-4-8-14-12(7-3-9-16(14)18)11-5-1-2-6-13(11)15/h1-3,5-7H,4,8-10H2. The Morgan fingerprint density at radius 2 is 1.67 bits per heavy atom. The second kappa shape index (κ2) is 4.37. The molecule has 90 valence electrons. The normalized spacial score (nSPS) is 19.1. The zero-order valence-corrected chi connectivity index (χ0v) is 10.1. The average molecular weight is 238 g/mol. The van der Waals surface area contributed by atoms with Crippen molar-refractivity contribution in [2.75, 3.05) is 0 Å². The fraction of sp³-hybridized carbons (Fsp3) is 0.250. The van der Waals surface area contributed by atoms with Crippen LogP contribution in [0.3, 0.4) is 0 Å². The molecule has 18 heavy (non-hydrogen) atoms. The van der Waals surface area contributed by atoms with Gasteiger partial charge in [-0.1, -0.05) is 36.4 Å². The number of carbonyl (C=O) groups is 2. The molecule has 0 unspecified atom stereocenters. The second-order valence-corrected chi connectivity index (χ2v) is 4.74. The van der Waals surface area contributed by atoms with E-state index < -0.39 is 0 Å². The molecule has 0 bridgehead atoms. The number of allylic oxidation sites excluding steroid dienone is 4. The van der Waals surface area contributed by atoms with Gasteiger partial charge < -0.3 is 0 Å². The first-order chi connectivity index (χ1) is 8.77. The Balaban J connectivity index is 2.26. The number of ketones is 2. The minimum absolute atomic E-state index is 0.184. The van der Waals surface area contributed by atoms with Gasteiger partial charge in [0.15, 0.2) is 11.6 Å². The summed E-state index contributed by atoms with van der Waals surface area (Å²) in [6.45, 7) is 0. The molecule has 0 spiro atoms. The number of Topliss-reactive ketones (excluding diaryl/α,β-unsaturated/α-hetero) is 2. The fourth-order valence-corrected chi connectivity index (χ4v) is 2.71. The van der Waals surface area contributed by atoms with Crippen molar-refractivity contribution < 1.29 is 9.59 Å². The Hall–Kier alpha value is -1.96. The maximum atomic E-state index is 12.1. The van der Waals surface area contributed by atoms with Crippen LogP contribution in [0, 0.1) is 0 Å². The zero-order chi connectivity index (χ0) is 12.5. The van der Waals surface area contributed by atoms with Gasteiger partial charge in [0, 0.05) is 24.0 Å². The number of fused-ring (bicyclic) bond motifs is 2. The summed E-state index contributed by atoms with van der Waals surface area (Å²) in [6.07, 6.45) is 6.40. The Kier molecular flexibility index (Phi) is 2.71. The van der Waals surface area contributed by atoms with Gasteiger partial charge in [0.05, 0.1) is 0 Å². The van der Waals surface area contributed by atoms with Crippen LogP contribution >= 0.6 is 0 Å². The second-order valence-electron chi connectivity index (χ2n) is 4.74. The molecule has 0 N–H and O–H groups in total. The Bertz CT molecular complexity index is 591. The van der Waals surface area contributed by atoms with Crippen molar-refractivity contribution in [1.29, 1.82) is 0 Å². The Morgan fingerprint density at radius 1 is 0.889 bits per heavy atom. The van der Waals surface area contributed by atoms with Crippen LogP contribution in [0.5, 0.6) is 0 Å². The Labute approximate surface area is 106 Å². The van der Waals surface area contributed by atoms with Gasteiger partial charge in [0.25, 0.3) is 0 Å². The van der Waals surface area contributed by atoms with Crippen LogP contribution in [0.25, 0.3) is 5.57 Å². The van der Waals surface area contributed by atoms with Crippen LogP contribution in [0.2, 0.25) is 0 Å². The third-order valence-electron chi connectivity index (χ3n) is 3.60. The van der Waals surface area contributed by atoms with Crippen LogP contribution < -0.4 is 0 Å². The lowest BCUT2D eigenvalue weighted by atomic mass is 9.83. The van der Waals surface area contributed by atoms with Crippen molar-refractivity contribution in [3.8, 4) is 0 Å². The summed E-state index contributed by atoms with van der Waals surface area (Å²) >= 11 is 0. The number of rotatable bonds is 0. The summed E-state index contributed by atoms with van der Waals surface area (Å²) in [7, 11) is 0.